The monoisotopic (exact) mass is 287 g/mol. The summed E-state index contributed by atoms with van der Waals surface area (Å²) < 4.78 is 5.04. The summed E-state index contributed by atoms with van der Waals surface area (Å²) in [6.07, 6.45) is 1.79. The second kappa shape index (κ2) is 6.88. The summed E-state index contributed by atoms with van der Waals surface area (Å²) in [5, 5.41) is 6.35. The van der Waals surface area contributed by atoms with Crippen LogP contribution >= 0.6 is 0 Å². The van der Waals surface area contributed by atoms with Crippen LogP contribution in [0.15, 0.2) is 24.4 Å². The third-order valence-corrected chi connectivity index (χ3v) is 3.00. The van der Waals surface area contributed by atoms with E-state index in [4.69, 9.17) is 4.74 Å². The summed E-state index contributed by atoms with van der Waals surface area (Å²) in [6.45, 7) is 4.80. The molecule has 2 aromatic heterocycles. The molecule has 2 N–H and O–H groups in total. The summed E-state index contributed by atoms with van der Waals surface area (Å²) >= 11 is 0. The fraction of sp³-hybridized carbons (Fsp3) is 0.400. The zero-order valence-electron chi connectivity index (χ0n) is 12.8. The molecule has 0 aliphatic heterocycles. The number of ether oxygens (including phenoxy) is 1. The van der Waals surface area contributed by atoms with Crippen molar-refractivity contribution in [1.29, 1.82) is 0 Å². The van der Waals surface area contributed by atoms with Crippen LogP contribution in [0.1, 0.15) is 31.2 Å². The second-order valence-corrected chi connectivity index (χ2v) is 4.96. The van der Waals surface area contributed by atoms with E-state index < -0.39 is 0 Å². The molecule has 2 aromatic rings. The van der Waals surface area contributed by atoms with E-state index in [1.54, 1.807) is 13.3 Å². The molecule has 0 unspecified atom stereocenters. The van der Waals surface area contributed by atoms with Crippen LogP contribution in [0.2, 0.25) is 0 Å². The molecule has 0 saturated carbocycles. The first kappa shape index (κ1) is 15.0. The lowest BCUT2D eigenvalue weighted by atomic mass is 10.2. The number of nitrogens with zero attached hydrogens (tertiary/aromatic N) is 3. The van der Waals surface area contributed by atoms with Crippen LogP contribution in [0.5, 0.6) is 5.88 Å². The van der Waals surface area contributed by atoms with Gasteiger partial charge in [-0.25, -0.2) is 15.0 Å². The molecule has 0 bridgehead atoms. The van der Waals surface area contributed by atoms with E-state index in [-0.39, 0.29) is 5.92 Å². The lowest BCUT2D eigenvalue weighted by Crippen LogP contribution is -2.07. The van der Waals surface area contributed by atoms with Gasteiger partial charge in [-0.15, -0.1) is 0 Å². The van der Waals surface area contributed by atoms with Gasteiger partial charge in [-0.3, -0.25) is 0 Å². The summed E-state index contributed by atoms with van der Waals surface area (Å²) in [4.78, 5) is 13.1. The predicted molar refractivity (Wildman–Crippen MR) is 83.8 cm³/mol. The van der Waals surface area contributed by atoms with Crippen LogP contribution in [-0.4, -0.2) is 29.1 Å². The maximum Gasteiger partial charge on any atom is 0.212 e. The lowest BCUT2D eigenvalue weighted by molar-refractivity contribution is 0.397. The van der Waals surface area contributed by atoms with Crippen LogP contribution in [0.4, 0.5) is 11.6 Å². The summed E-state index contributed by atoms with van der Waals surface area (Å²) in [6, 6.07) is 5.71. The van der Waals surface area contributed by atoms with Crippen LogP contribution in [0.25, 0.3) is 0 Å². The zero-order valence-corrected chi connectivity index (χ0v) is 12.8. The van der Waals surface area contributed by atoms with Gasteiger partial charge in [-0.1, -0.05) is 19.9 Å². The number of aromatic nitrogens is 3. The van der Waals surface area contributed by atoms with Crippen molar-refractivity contribution in [2.24, 2.45) is 0 Å². The molecule has 0 spiro atoms. The first-order valence-corrected chi connectivity index (χ1v) is 6.92. The molecule has 21 heavy (non-hydrogen) atoms. The quantitative estimate of drug-likeness (QED) is 0.851. The number of hydrogen-bond acceptors (Lipinski definition) is 6. The average molecular weight is 287 g/mol. The second-order valence-electron chi connectivity index (χ2n) is 4.96. The first-order valence-electron chi connectivity index (χ1n) is 6.92. The van der Waals surface area contributed by atoms with Gasteiger partial charge in [0.05, 0.1) is 7.11 Å². The Hall–Kier alpha value is -2.37. The van der Waals surface area contributed by atoms with Gasteiger partial charge in [0.25, 0.3) is 0 Å². The first-order chi connectivity index (χ1) is 10.1. The zero-order chi connectivity index (χ0) is 15.2. The highest BCUT2D eigenvalue weighted by Crippen LogP contribution is 2.17. The van der Waals surface area contributed by atoms with Gasteiger partial charge < -0.3 is 15.4 Å². The average Bonchev–Trinajstić information content (AvgIpc) is 2.53. The van der Waals surface area contributed by atoms with Gasteiger partial charge in [0.15, 0.2) is 0 Å². The number of methoxy groups -OCH3 is 1. The van der Waals surface area contributed by atoms with Crippen molar-refractivity contribution in [3.05, 3.63) is 35.8 Å². The highest BCUT2D eigenvalue weighted by Gasteiger charge is 2.07. The molecule has 112 valence electrons. The number of hydrogen-bond donors (Lipinski definition) is 2. The van der Waals surface area contributed by atoms with E-state index in [1.807, 2.05) is 25.2 Å². The smallest absolute Gasteiger partial charge is 0.212 e. The largest absolute Gasteiger partial charge is 0.481 e. The fourth-order valence-electron chi connectivity index (χ4n) is 1.77. The molecule has 0 aliphatic carbocycles. The van der Waals surface area contributed by atoms with E-state index in [0.29, 0.717) is 12.4 Å². The van der Waals surface area contributed by atoms with E-state index in [1.165, 1.54) is 0 Å². The highest BCUT2D eigenvalue weighted by molar-refractivity contribution is 5.47. The van der Waals surface area contributed by atoms with E-state index >= 15 is 0 Å². The molecular formula is C15H21N5O. The van der Waals surface area contributed by atoms with Crippen LogP contribution in [0.3, 0.4) is 0 Å². The molecule has 0 aliphatic rings. The van der Waals surface area contributed by atoms with E-state index in [9.17, 15) is 0 Å². The minimum atomic E-state index is 0.279. The molecule has 0 amide bonds. The van der Waals surface area contributed by atoms with Gasteiger partial charge in [0.2, 0.25) is 5.88 Å². The summed E-state index contributed by atoms with van der Waals surface area (Å²) in [5.74, 6) is 3.32. The van der Waals surface area contributed by atoms with Crippen LogP contribution < -0.4 is 15.4 Å². The predicted octanol–water partition coefficient (Wildman–Crippen LogP) is 2.66. The Bertz CT molecular complexity index is 583. The molecule has 6 heteroatoms. The Balaban J connectivity index is 2.09. The number of anilines is 2. The molecule has 0 saturated heterocycles. The number of rotatable bonds is 6. The maximum atomic E-state index is 5.04. The van der Waals surface area contributed by atoms with Crippen LogP contribution in [0, 0.1) is 0 Å². The minimum Gasteiger partial charge on any atom is -0.481 e. The third kappa shape index (κ3) is 4.05. The Morgan fingerprint density at radius 2 is 1.95 bits per heavy atom. The Morgan fingerprint density at radius 1 is 1.19 bits per heavy atom. The Morgan fingerprint density at radius 3 is 2.52 bits per heavy atom. The van der Waals surface area contributed by atoms with Crippen molar-refractivity contribution in [3.8, 4) is 5.88 Å². The number of nitrogens with one attached hydrogen (secondary N) is 2. The van der Waals surface area contributed by atoms with Gasteiger partial charge >= 0.3 is 0 Å². The van der Waals surface area contributed by atoms with E-state index in [2.05, 4.69) is 39.4 Å². The summed E-state index contributed by atoms with van der Waals surface area (Å²) in [7, 11) is 3.46. The van der Waals surface area contributed by atoms with Crippen molar-refractivity contribution in [2.75, 3.05) is 24.8 Å². The molecule has 0 atom stereocenters. The van der Waals surface area contributed by atoms with Crippen molar-refractivity contribution >= 4 is 11.6 Å². The van der Waals surface area contributed by atoms with Crippen molar-refractivity contribution in [3.63, 3.8) is 0 Å². The topological polar surface area (TPSA) is 72.0 Å². The Labute approximate surface area is 125 Å². The SMILES string of the molecule is CNc1cc(NCc2ccc(OC)nc2)nc(C(C)C)n1. The molecular weight excluding hydrogens is 266 g/mol. The molecule has 0 fully saturated rings. The van der Waals surface area contributed by atoms with Crippen LogP contribution in [-0.2, 0) is 6.54 Å². The van der Waals surface area contributed by atoms with E-state index in [0.717, 1.165) is 23.0 Å². The molecule has 2 heterocycles. The van der Waals surface area contributed by atoms with Crippen molar-refractivity contribution in [1.82, 2.24) is 15.0 Å². The standard InChI is InChI=1S/C15H21N5O/c1-10(2)15-19-12(16-3)7-13(20-15)17-8-11-5-6-14(21-4)18-9-11/h5-7,9-10H,8H2,1-4H3,(H2,16,17,19,20). The minimum absolute atomic E-state index is 0.279. The number of pyridine rings is 1. The molecule has 6 nitrogen and oxygen atoms in total. The molecule has 0 radical (unpaired) electrons. The van der Waals surface area contributed by atoms with Gasteiger partial charge in [-0.05, 0) is 5.56 Å². The third-order valence-electron chi connectivity index (χ3n) is 3.00. The van der Waals surface area contributed by atoms with Gasteiger partial charge in [0, 0.05) is 37.8 Å². The van der Waals surface area contributed by atoms with Gasteiger partial charge in [0.1, 0.15) is 17.5 Å². The van der Waals surface area contributed by atoms with Crippen molar-refractivity contribution in [2.45, 2.75) is 26.3 Å². The van der Waals surface area contributed by atoms with Crippen molar-refractivity contribution < 1.29 is 4.74 Å². The van der Waals surface area contributed by atoms with Gasteiger partial charge in [-0.2, -0.15) is 0 Å². The molecule has 0 aromatic carbocycles. The Kier molecular flexibility index (Phi) is 4.92. The maximum absolute atomic E-state index is 5.04. The summed E-state index contributed by atoms with van der Waals surface area (Å²) in [5.41, 5.74) is 1.06. The molecule has 2 rings (SSSR count). The lowest BCUT2D eigenvalue weighted by Gasteiger charge is -2.11. The fourth-order valence-corrected chi connectivity index (χ4v) is 1.77. The normalized spacial score (nSPS) is 10.5. The highest BCUT2D eigenvalue weighted by atomic mass is 16.5.